The van der Waals surface area contributed by atoms with Crippen molar-refractivity contribution in [3.63, 3.8) is 0 Å². The van der Waals surface area contributed by atoms with Gasteiger partial charge in [0.1, 0.15) is 5.76 Å². The van der Waals surface area contributed by atoms with Gasteiger partial charge in [0.2, 0.25) is 0 Å². The minimum atomic E-state index is -0.150. The highest BCUT2D eigenvalue weighted by Crippen LogP contribution is 2.29. The summed E-state index contributed by atoms with van der Waals surface area (Å²) in [5.41, 5.74) is 1.41. The third-order valence-corrected chi connectivity index (χ3v) is 3.42. The van der Waals surface area contributed by atoms with Crippen molar-refractivity contribution in [3.05, 3.63) is 35.6 Å². The molecule has 1 N–H and O–H groups in total. The van der Waals surface area contributed by atoms with Crippen LogP contribution in [0.1, 0.15) is 45.4 Å². The van der Waals surface area contributed by atoms with E-state index in [4.69, 9.17) is 0 Å². The van der Waals surface area contributed by atoms with Gasteiger partial charge in [-0.3, -0.25) is 4.79 Å². The summed E-state index contributed by atoms with van der Waals surface area (Å²) in [6.07, 6.45) is 12.0. The number of hydrogen-bond donors (Lipinski definition) is 1. The van der Waals surface area contributed by atoms with E-state index in [0.29, 0.717) is 6.29 Å². The predicted octanol–water partition coefficient (Wildman–Crippen LogP) is 4.10. The van der Waals surface area contributed by atoms with Crippen molar-refractivity contribution in [2.45, 2.75) is 45.4 Å². The molecule has 2 heteroatoms. The Labute approximate surface area is 104 Å². The van der Waals surface area contributed by atoms with Gasteiger partial charge in [-0.25, -0.2) is 0 Å². The van der Waals surface area contributed by atoms with Gasteiger partial charge in [-0.2, -0.15) is 0 Å². The molecule has 1 aliphatic rings. The van der Waals surface area contributed by atoms with Crippen LogP contribution in [0.15, 0.2) is 35.6 Å². The molecule has 1 fully saturated rings. The molecule has 0 aromatic rings. The van der Waals surface area contributed by atoms with Crippen LogP contribution in [0, 0.1) is 5.92 Å². The maximum absolute atomic E-state index is 10.8. The lowest BCUT2D eigenvalue weighted by molar-refractivity contribution is -0.104. The maximum Gasteiger partial charge on any atom is 0.153 e. The van der Waals surface area contributed by atoms with Crippen molar-refractivity contribution < 1.29 is 9.90 Å². The van der Waals surface area contributed by atoms with Crippen LogP contribution in [-0.4, -0.2) is 11.4 Å². The molecule has 1 rings (SSSR count). The predicted molar refractivity (Wildman–Crippen MR) is 70.9 cm³/mol. The first kappa shape index (κ1) is 13.8. The van der Waals surface area contributed by atoms with Crippen LogP contribution in [0.2, 0.25) is 0 Å². The largest absolute Gasteiger partial charge is 0.508 e. The van der Waals surface area contributed by atoms with E-state index in [1.165, 1.54) is 32.1 Å². The Morgan fingerprint density at radius 2 is 2.00 bits per heavy atom. The number of aliphatic hydroxyl groups excluding tert-OH is 1. The number of hydrogen-bond acceptors (Lipinski definition) is 2. The van der Waals surface area contributed by atoms with E-state index in [9.17, 15) is 9.90 Å². The Balaban J connectivity index is 2.65. The molecular formula is C15H22O2. The number of aliphatic hydroxyl groups is 1. The molecule has 0 unspecified atom stereocenters. The molecule has 0 aliphatic heterocycles. The number of aldehydes is 1. The summed E-state index contributed by atoms with van der Waals surface area (Å²) in [6.45, 7) is 5.36. The average Bonchev–Trinajstić information content (AvgIpc) is 2.35. The monoisotopic (exact) mass is 234 g/mol. The van der Waals surface area contributed by atoms with Gasteiger partial charge in [0.25, 0.3) is 0 Å². The van der Waals surface area contributed by atoms with E-state index < -0.39 is 0 Å². The van der Waals surface area contributed by atoms with Crippen molar-refractivity contribution in [3.8, 4) is 0 Å². The zero-order valence-corrected chi connectivity index (χ0v) is 10.6. The molecular weight excluding hydrogens is 212 g/mol. The van der Waals surface area contributed by atoms with Crippen LogP contribution in [0.25, 0.3) is 0 Å². The summed E-state index contributed by atoms with van der Waals surface area (Å²) in [5, 5.41) is 9.24. The quantitative estimate of drug-likeness (QED) is 0.336. The molecule has 0 amide bonds. The zero-order chi connectivity index (χ0) is 12.7. The third kappa shape index (κ3) is 4.59. The number of carbonyl (C=O) groups excluding carboxylic acids is 1. The van der Waals surface area contributed by atoms with Crippen LogP contribution in [0.3, 0.4) is 0 Å². The van der Waals surface area contributed by atoms with Crippen LogP contribution in [0.5, 0.6) is 0 Å². The van der Waals surface area contributed by atoms with Gasteiger partial charge in [-0.1, -0.05) is 50.3 Å². The van der Waals surface area contributed by atoms with E-state index in [1.54, 1.807) is 6.08 Å². The van der Waals surface area contributed by atoms with Gasteiger partial charge >= 0.3 is 0 Å². The molecule has 0 atom stereocenters. The number of rotatable bonds is 5. The lowest BCUT2D eigenvalue weighted by atomic mass is 9.84. The zero-order valence-electron chi connectivity index (χ0n) is 10.6. The molecule has 0 aromatic heterocycles. The van der Waals surface area contributed by atoms with Crippen LogP contribution in [-0.2, 0) is 4.79 Å². The normalized spacial score (nSPS) is 19.1. The number of carbonyl (C=O) groups is 1. The summed E-state index contributed by atoms with van der Waals surface area (Å²) < 4.78 is 0. The average molecular weight is 234 g/mol. The van der Waals surface area contributed by atoms with Crippen molar-refractivity contribution in [2.24, 2.45) is 5.92 Å². The smallest absolute Gasteiger partial charge is 0.153 e. The molecule has 0 spiro atoms. The van der Waals surface area contributed by atoms with E-state index in [-0.39, 0.29) is 11.3 Å². The van der Waals surface area contributed by atoms with Gasteiger partial charge in [-0.05, 0) is 25.3 Å². The van der Waals surface area contributed by atoms with Crippen molar-refractivity contribution >= 4 is 6.29 Å². The standard InChI is InChI=1S/C15H22O2/c1-3-13(10-15(11-16)12(2)17)9-14-7-5-4-6-8-14/h3,10-11,14,17H,2,4-9H2,1H3/b13-3-,15-10-. The lowest BCUT2D eigenvalue weighted by Crippen LogP contribution is -2.07. The van der Waals surface area contributed by atoms with Crippen molar-refractivity contribution in [1.82, 2.24) is 0 Å². The van der Waals surface area contributed by atoms with Crippen LogP contribution in [0.4, 0.5) is 0 Å². The minimum absolute atomic E-state index is 0.150. The summed E-state index contributed by atoms with van der Waals surface area (Å²) >= 11 is 0. The molecule has 0 aromatic carbocycles. The highest BCUT2D eigenvalue weighted by Gasteiger charge is 2.14. The van der Waals surface area contributed by atoms with Gasteiger partial charge in [-0.15, -0.1) is 0 Å². The molecule has 94 valence electrons. The first-order valence-corrected chi connectivity index (χ1v) is 6.37. The summed E-state index contributed by atoms with van der Waals surface area (Å²) in [5.74, 6) is 0.578. The second kappa shape index (κ2) is 7.10. The van der Waals surface area contributed by atoms with Crippen LogP contribution >= 0.6 is 0 Å². The Hall–Kier alpha value is -1.31. The molecule has 1 saturated carbocycles. The second-order valence-corrected chi connectivity index (χ2v) is 4.74. The van der Waals surface area contributed by atoms with E-state index in [0.717, 1.165) is 17.9 Å². The van der Waals surface area contributed by atoms with Gasteiger partial charge in [0.15, 0.2) is 6.29 Å². The van der Waals surface area contributed by atoms with E-state index >= 15 is 0 Å². The SMILES string of the molecule is C=C(O)/C(C=O)=C\C(=C/C)CC1CCCCC1. The molecule has 0 bridgehead atoms. The highest BCUT2D eigenvalue weighted by molar-refractivity contribution is 5.79. The fraction of sp³-hybridized carbons (Fsp3) is 0.533. The molecule has 2 nitrogen and oxygen atoms in total. The van der Waals surface area contributed by atoms with Gasteiger partial charge in [0.05, 0.1) is 5.57 Å². The molecule has 1 aliphatic carbocycles. The number of allylic oxidation sites excluding steroid dienone is 4. The topological polar surface area (TPSA) is 37.3 Å². The first-order valence-electron chi connectivity index (χ1n) is 6.37. The molecule has 0 radical (unpaired) electrons. The van der Waals surface area contributed by atoms with Gasteiger partial charge < -0.3 is 5.11 Å². The van der Waals surface area contributed by atoms with Crippen LogP contribution < -0.4 is 0 Å². The van der Waals surface area contributed by atoms with Gasteiger partial charge in [0, 0.05) is 0 Å². The van der Waals surface area contributed by atoms with Crippen molar-refractivity contribution in [2.75, 3.05) is 0 Å². The Morgan fingerprint density at radius 3 is 2.47 bits per heavy atom. The fourth-order valence-corrected chi connectivity index (χ4v) is 2.37. The minimum Gasteiger partial charge on any atom is -0.508 e. The Bertz CT molecular complexity index is 331. The fourth-order valence-electron chi connectivity index (χ4n) is 2.37. The first-order chi connectivity index (χ1) is 8.17. The third-order valence-electron chi connectivity index (χ3n) is 3.42. The summed E-state index contributed by atoms with van der Waals surface area (Å²) in [7, 11) is 0. The summed E-state index contributed by atoms with van der Waals surface area (Å²) in [6, 6.07) is 0. The second-order valence-electron chi connectivity index (χ2n) is 4.74. The van der Waals surface area contributed by atoms with Crippen molar-refractivity contribution in [1.29, 1.82) is 0 Å². The Kier molecular flexibility index (Phi) is 5.75. The molecule has 17 heavy (non-hydrogen) atoms. The maximum atomic E-state index is 10.8. The Morgan fingerprint density at radius 1 is 1.35 bits per heavy atom. The van der Waals surface area contributed by atoms with E-state index in [2.05, 4.69) is 6.58 Å². The van der Waals surface area contributed by atoms with E-state index in [1.807, 2.05) is 13.0 Å². The lowest BCUT2D eigenvalue weighted by Gasteiger charge is -2.21. The molecule has 0 heterocycles. The molecule has 0 saturated heterocycles. The highest BCUT2D eigenvalue weighted by atomic mass is 16.3. The summed E-state index contributed by atoms with van der Waals surface area (Å²) in [4.78, 5) is 10.8.